The van der Waals surface area contributed by atoms with E-state index in [4.69, 9.17) is 4.43 Å². The third-order valence-electron chi connectivity index (χ3n) is 5.96. The van der Waals surface area contributed by atoms with Gasteiger partial charge in [0.25, 0.3) is 0 Å². The molecule has 26 heavy (non-hydrogen) atoms. The van der Waals surface area contributed by atoms with Gasteiger partial charge in [-0.1, -0.05) is 34.6 Å². The van der Waals surface area contributed by atoms with Crippen LogP contribution in [0.2, 0.25) is 13.1 Å². The summed E-state index contributed by atoms with van der Waals surface area (Å²) in [6, 6.07) is 0. The van der Waals surface area contributed by atoms with Crippen molar-refractivity contribution in [2.45, 2.75) is 84.6 Å². The molecule has 0 heterocycles. The van der Waals surface area contributed by atoms with Gasteiger partial charge in [-0.3, -0.25) is 4.79 Å². The van der Waals surface area contributed by atoms with Crippen LogP contribution in [0.5, 0.6) is 0 Å². The lowest BCUT2D eigenvalue weighted by Crippen LogP contribution is -2.64. The van der Waals surface area contributed by atoms with Crippen molar-refractivity contribution in [2.75, 3.05) is 0 Å². The number of rotatable bonds is 7. The quantitative estimate of drug-likeness (QED) is 0.579. The van der Waals surface area contributed by atoms with Crippen molar-refractivity contribution < 1.29 is 29.3 Å². The highest BCUT2D eigenvalue weighted by molar-refractivity contribution is 6.48. The Morgan fingerprint density at radius 1 is 1.12 bits per heavy atom. The molecule has 0 aromatic carbocycles. The van der Waals surface area contributed by atoms with Gasteiger partial charge in [0.15, 0.2) is 14.6 Å². The fourth-order valence-electron chi connectivity index (χ4n) is 4.43. The summed E-state index contributed by atoms with van der Waals surface area (Å²) in [5.74, 6) is -4.63. The predicted molar refractivity (Wildman–Crippen MR) is 103 cm³/mol. The Hall–Kier alpha value is -0.923. The molecule has 1 rings (SSSR count). The van der Waals surface area contributed by atoms with Crippen molar-refractivity contribution in [1.82, 2.24) is 0 Å². The van der Waals surface area contributed by atoms with Crippen LogP contribution in [0, 0.1) is 23.2 Å². The van der Waals surface area contributed by atoms with E-state index in [0.717, 1.165) is 12.8 Å². The van der Waals surface area contributed by atoms with E-state index in [1.54, 1.807) is 13.8 Å². The second-order valence-electron chi connectivity index (χ2n) is 9.43. The van der Waals surface area contributed by atoms with Gasteiger partial charge < -0.3 is 19.7 Å². The second kappa shape index (κ2) is 7.98. The van der Waals surface area contributed by atoms with E-state index in [9.17, 15) is 24.9 Å². The predicted octanol–water partition coefficient (Wildman–Crippen LogP) is 3.13. The molecule has 2 unspecified atom stereocenters. The van der Waals surface area contributed by atoms with Gasteiger partial charge in [0.1, 0.15) is 5.92 Å². The largest absolute Gasteiger partial charge is 0.481 e. The molecule has 0 aromatic heterocycles. The molecule has 0 amide bonds. The average molecular weight is 389 g/mol. The maximum atomic E-state index is 12.2. The van der Waals surface area contributed by atoms with E-state index in [2.05, 4.69) is 20.8 Å². The van der Waals surface area contributed by atoms with Crippen LogP contribution < -0.4 is 0 Å². The van der Waals surface area contributed by atoms with Crippen LogP contribution in [0.1, 0.15) is 60.3 Å². The third-order valence-corrected chi connectivity index (χ3v) is 6.90. The lowest BCUT2D eigenvalue weighted by Gasteiger charge is -2.51. The Bertz CT molecular complexity index is 517. The van der Waals surface area contributed by atoms with Crippen LogP contribution in [0.25, 0.3) is 0 Å². The summed E-state index contributed by atoms with van der Waals surface area (Å²) >= 11 is 0. The van der Waals surface area contributed by atoms with Gasteiger partial charge in [0, 0.05) is 0 Å². The SMILES string of the molecule is CC(C)C(O)(C(=O)O)C(C(=O)O)[C@]1(O[SiH](C)C)CC[C@H](C(C)(C)C)CC1. The maximum absolute atomic E-state index is 12.2. The summed E-state index contributed by atoms with van der Waals surface area (Å²) < 4.78 is 6.24. The summed E-state index contributed by atoms with van der Waals surface area (Å²) in [5, 5.41) is 30.7. The number of carboxylic acids is 2. The van der Waals surface area contributed by atoms with Gasteiger partial charge >= 0.3 is 11.9 Å². The zero-order valence-electron chi connectivity index (χ0n) is 17.2. The molecule has 1 aliphatic carbocycles. The second-order valence-corrected chi connectivity index (χ2v) is 11.8. The minimum atomic E-state index is -2.37. The molecule has 0 aromatic rings. The number of hydrogen-bond donors (Lipinski definition) is 3. The summed E-state index contributed by atoms with van der Waals surface area (Å²) in [5.41, 5.74) is -3.41. The van der Waals surface area contributed by atoms with Gasteiger partial charge in [-0.2, -0.15) is 0 Å². The highest BCUT2D eigenvalue weighted by Gasteiger charge is 2.61. The lowest BCUT2D eigenvalue weighted by atomic mass is 9.61. The summed E-state index contributed by atoms with van der Waals surface area (Å²) in [6.07, 6.45) is 2.45. The summed E-state index contributed by atoms with van der Waals surface area (Å²) in [6.45, 7) is 13.5. The Morgan fingerprint density at radius 2 is 1.58 bits per heavy atom. The summed E-state index contributed by atoms with van der Waals surface area (Å²) in [7, 11) is -1.67. The Kier molecular flexibility index (Phi) is 7.10. The van der Waals surface area contributed by atoms with E-state index < -0.39 is 44.0 Å². The molecular formula is C19H36O6Si. The van der Waals surface area contributed by atoms with Crippen LogP contribution >= 0.6 is 0 Å². The normalized spacial score (nSPS) is 28.0. The van der Waals surface area contributed by atoms with E-state index in [1.165, 1.54) is 0 Å². The van der Waals surface area contributed by atoms with Crippen molar-refractivity contribution in [3.05, 3.63) is 0 Å². The standard InChI is InChI=1S/C19H36O6Si/c1-12(2)19(24,16(22)23)14(15(20)21)18(25-26(6)7)10-8-13(9-11-18)17(3,4)5/h12-14,24,26H,8-11H2,1-7H3,(H,20,21)(H,22,23)/t13-,14?,18-,19?. The first-order valence-corrected chi connectivity index (χ1v) is 12.3. The Balaban J connectivity index is 3.40. The highest BCUT2D eigenvalue weighted by atomic mass is 28.3. The number of aliphatic hydroxyl groups is 1. The molecular weight excluding hydrogens is 352 g/mol. The molecule has 1 saturated carbocycles. The van der Waals surface area contributed by atoms with Crippen LogP contribution in [0.15, 0.2) is 0 Å². The number of hydrogen-bond acceptors (Lipinski definition) is 4. The van der Waals surface area contributed by atoms with Crippen LogP contribution in [0.3, 0.4) is 0 Å². The van der Waals surface area contributed by atoms with Crippen molar-refractivity contribution in [1.29, 1.82) is 0 Å². The minimum Gasteiger partial charge on any atom is -0.481 e. The Morgan fingerprint density at radius 3 is 1.85 bits per heavy atom. The van der Waals surface area contributed by atoms with Crippen molar-refractivity contribution in [3.63, 3.8) is 0 Å². The van der Waals surface area contributed by atoms with Crippen LogP contribution in [-0.4, -0.2) is 47.5 Å². The summed E-state index contributed by atoms with van der Waals surface area (Å²) in [4.78, 5) is 24.2. The first-order valence-electron chi connectivity index (χ1n) is 9.55. The molecule has 0 radical (unpaired) electrons. The number of carbonyl (C=O) groups is 2. The fourth-order valence-corrected chi connectivity index (χ4v) is 5.75. The monoisotopic (exact) mass is 388 g/mol. The van der Waals surface area contributed by atoms with E-state index in [-0.39, 0.29) is 5.41 Å². The molecule has 0 spiro atoms. The molecule has 2 atom stereocenters. The molecule has 0 aliphatic heterocycles. The van der Waals surface area contributed by atoms with Gasteiger partial charge in [-0.05, 0) is 56.0 Å². The molecule has 6 nitrogen and oxygen atoms in total. The molecule has 1 aliphatic rings. The number of carboxylic acid groups (broad SMARTS) is 2. The molecule has 152 valence electrons. The van der Waals surface area contributed by atoms with E-state index in [1.807, 2.05) is 13.1 Å². The average Bonchev–Trinajstić information content (AvgIpc) is 2.44. The van der Waals surface area contributed by atoms with E-state index in [0.29, 0.717) is 18.8 Å². The smallest absolute Gasteiger partial charge is 0.336 e. The van der Waals surface area contributed by atoms with Gasteiger partial charge in [0.2, 0.25) is 0 Å². The zero-order chi connectivity index (χ0) is 20.5. The highest BCUT2D eigenvalue weighted by Crippen LogP contribution is 2.50. The minimum absolute atomic E-state index is 0.0985. The topological polar surface area (TPSA) is 104 Å². The van der Waals surface area contributed by atoms with Gasteiger partial charge in [-0.15, -0.1) is 0 Å². The van der Waals surface area contributed by atoms with Crippen molar-refractivity contribution in [2.24, 2.45) is 23.2 Å². The fraction of sp³-hybridized carbons (Fsp3) is 0.895. The van der Waals surface area contributed by atoms with Gasteiger partial charge in [0.05, 0.1) is 5.60 Å². The maximum Gasteiger partial charge on any atom is 0.336 e. The number of aliphatic carboxylic acids is 2. The molecule has 0 saturated heterocycles. The van der Waals surface area contributed by atoms with Crippen molar-refractivity contribution in [3.8, 4) is 0 Å². The zero-order valence-corrected chi connectivity index (χ0v) is 18.4. The van der Waals surface area contributed by atoms with Crippen molar-refractivity contribution >= 4 is 21.0 Å². The first-order chi connectivity index (χ1) is 11.7. The molecule has 3 N–H and O–H groups in total. The van der Waals surface area contributed by atoms with Crippen LogP contribution in [-0.2, 0) is 14.0 Å². The van der Waals surface area contributed by atoms with Crippen LogP contribution in [0.4, 0.5) is 0 Å². The van der Waals surface area contributed by atoms with E-state index >= 15 is 0 Å². The third kappa shape index (κ3) is 4.49. The molecule has 7 heteroatoms. The Labute approximate surface area is 158 Å². The first kappa shape index (κ1) is 23.1. The lowest BCUT2D eigenvalue weighted by molar-refractivity contribution is -0.203. The van der Waals surface area contributed by atoms with Gasteiger partial charge in [-0.25, -0.2) is 4.79 Å². The molecule has 0 bridgehead atoms. The molecule has 1 fully saturated rings.